The smallest absolute Gasteiger partial charge is 0.327 e. The Morgan fingerprint density at radius 2 is 2.22 bits per heavy atom. The van der Waals surface area contributed by atoms with Gasteiger partial charge in [-0.1, -0.05) is 0 Å². The van der Waals surface area contributed by atoms with Crippen LogP contribution in [0.15, 0.2) is 0 Å². The van der Waals surface area contributed by atoms with E-state index in [2.05, 4.69) is 4.52 Å². The van der Waals surface area contributed by atoms with Crippen LogP contribution in [-0.2, 0) is 13.9 Å². The Labute approximate surface area is 64.6 Å². The number of hydrogen-bond acceptors (Lipinski definition) is 3. The lowest BCUT2D eigenvalue weighted by molar-refractivity contribution is -0.137. The summed E-state index contributed by atoms with van der Waals surface area (Å²) in [5.41, 5.74) is 0. The highest BCUT2D eigenvalue weighted by atomic mass is 31.1. The van der Waals surface area contributed by atoms with Crippen LogP contribution in [0.3, 0.4) is 0 Å². The Balaban J connectivity index is 0. The average Bonchev–Trinajstić information content (AvgIpc) is 1.66. The maximum Gasteiger partial charge on any atom is 0.327 e. The Hall–Kier alpha value is 0.0625. The standard InChI is InChI=1S/C3H5O4P.Al.3H/c4-3(5)1-2-7-8-6;;;;/h1-2H2,(H,4,5);;;;. The highest BCUT2D eigenvalue weighted by molar-refractivity contribution is 7.17. The van der Waals surface area contributed by atoms with Crippen LogP contribution in [-0.4, -0.2) is 35.0 Å². The first-order chi connectivity index (χ1) is 3.77. The third-order valence-corrected chi connectivity index (χ3v) is 0.748. The fourth-order valence-corrected chi connectivity index (χ4v) is 0.336. The number of aliphatic carboxylic acids is 1. The van der Waals surface area contributed by atoms with Crippen LogP contribution in [0.25, 0.3) is 0 Å². The van der Waals surface area contributed by atoms with Crippen LogP contribution < -0.4 is 0 Å². The number of hydrogen-bond donors (Lipinski definition) is 1. The van der Waals surface area contributed by atoms with E-state index < -0.39 is 14.7 Å². The Morgan fingerprint density at radius 1 is 1.67 bits per heavy atom. The lowest BCUT2D eigenvalue weighted by atomic mass is 10.5. The maximum atomic E-state index is 9.69. The van der Waals surface area contributed by atoms with Crippen molar-refractivity contribution in [3.05, 3.63) is 0 Å². The first-order valence-electron chi connectivity index (χ1n) is 1.94. The van der Waals surface area contributed by atoms with E-state index in [1.165, 1.54) is 0 Å². The summed E-state index contributed by atoms with van der Waals surface area (Å²) in [6.07, 6.45) is -0.102. The topological polar surface area (TPSA) is 63.6 Å². The van der Waals surface area contributed by atoms with Crippen LogP contribution >= 0.6 is 8.69 Å². The molecule has 0 spiro atoms. The van der Waals surface area contributed by atoms with Gasteiger partial charge in [0.15, 0.2) is 17.4 Å². The van der Waals surface area contributed by atoms with E-state index >= 15 is 0 Å². The van der Waals surface area contributed by atoms with Crippen LogP contribution in [0.2, 0.25) is 0 Å². The predicted molar refractivity (Wildman–Crippen MR) is 35.8 cm³/mol. The van der Waals surface area contributed by atoms with Crippen LogP contribution in [0.1, 0.15) is 6.42 Å². The quantitative estimate of drug-likeness (QED) is 0.347. The molecular weight excluding hydrogens is 158 g/mol. The minimum absolute atomic E-state index is 0. The highest BCUT2D eigenvalue weighted by Crippen LogP contribution is 1.94. The van der Waals surface area contributed by atoms with Gasteiger partial charge in [-0.2, -0.15) is 0 Å². The summed E-state index contributed by atoms with van der Waals surface area (Å²) in [5.74, 6) is -0.950. The van der Waals surface area contributed by atoms with Crippen molar-refractivity contribution < 1.29 is 19.0 Å². The molecule has 0 aromatic rings. The van der Waals surface area contributed by atoms with E-state index in [1.54, 1.807) is 0 Å². The van der Waals surface area contributed by atoms with Gasteiger partial charge in [0.05, 0.1) is 13.0 Å². The van der Waals surface area contributed by atoms with Gasteiger partial charge < -0.3 is 5.11 Å². The lowest BCUT2D eigenvalue weighted by Crippen LogP contribution is -1.97. The van der Waals surface area contributed by atoms with Crippen LogP contribution in [0.4, 0.5) is 0 Å². The molecule has 0 heterocycles. The summed E-state index contributed by atoms with van der Waals surface area (Å²) in [7, 11) is -0.463. The summed E-state index contributed by atoms with van der Waals surface area (Å²) in [4.78, 5) is 9.69. The molecule has 0 amide bonds. The fourth-order valence-electron chi connectivity index (χ4n) is 0.170. The minimum atomic E-state index is -0.950. The molecule has 0 aromatic carbocycles. The number of carbonyl (C=O) groups is 1. The van der Waals surface area contributed by atoms with E-state index in [-0.39, 0.29) is 30.4 Å². The summed E-state index contributed by atoms with van der Waals surface area (Å²) >= 11 is 0. The third-order valence-electron chi connectivity index (χ3n) is 0.460. The number of carboxylic acid groups (broad SMARTS) is 1. The molecule has 0 radical (unpaired) electrons. The van der Waals surface area contributed by atoms with E-state index in [0.717, 1.165) is 0 Å². The Bertz CT molecular complexity index is 95.8. The molecule has 0 saturated heterocycles. The normalized spacial score (nSPS) is 8.44. The zero-order chi connectivity index (χ0) is 6.41. The molecule has 9 heavy (non-hydrogen) atoms. The van der Waals surface area contributed by atoms with Crippen molar-refractivity contribution in [2.24, 2.45) is 0 Å². The van der Waals surface area contributed by atoms with E-state index in [1.807, 2.05) is 0 Å². The van der Waals surface area contributed by atoms with Gasteiger partial charge in [-0.05, 0) is 0 Å². The predicted octanol–water partition coefficient (Wildman–Crippen LogP) is -0.500. The largest absolute Gasteiger partial charge is 0.481 e. The van der Waals surface area contributed by atoms with Gasteiger partial charge in [-0.15, -0.1) is 0 Å². The average molecular weight is 166 g/mol. The van der Waals surface area contributed by atoms with Gasteiger partial charge in [0.25, 0.3) is 0 Å². The molecule has 4 nitrogen and oxygen atoms in total. The van der Waals surface area contributed by atoms with Gasteiger partial charge in [0, 0.05) is 0 Å². The molecule has 6 heteroatoms. The molecule has 52 valence electrons. The second-order valence-electron chi connectivity index (χ2n) is 1.05. The van der Waals surface area contributed by atoms with E-state index in [9.17, 15) is 9.36 Å². The molecule has 0 aliphatic rings. The molecule has 0 rings (SSSR count). The fraction of sp³-hybridized carbons (Fsp3) is 0.667. The molecule has 0 fully saturated rings. The van der Waals surface area contributed by atoms with Crippen LogP contribution in [0.5, 0.6) is 0 Å². The lowest BCUT2D eigenvalue weighted by Gasteiger charge is -1.86. The zero-order valence-corrected chi connectivity index (χ0v) is 4.93. The second kappa shape index (κ2) is 8.06. The van der Waals surface area contributed by atoms with E-state index in [4.69, 9.17) is 5.11 Å². The van der Waals surface area contributed by atoms with Crippen molar-refractivity contribution in [2.75, 3.05) is 6.61 Å². The van der Waals surface area contributed by atoms with Crippen molar-refractivity contribution in [2.45, 2.75) is 6.42 Å². The molecule has 0 aliphatic heterocycles. The molecular formula is C3H8AlO4P. The van der Waals surface area contributed by atoms with Crippen molar-refractivity contribution in [1.82, 2.24) is 0 Å². The molecule has 0 atom stereocenters. The third kappa shape index (κ3) is 11.6. The number of carboxylic acids is 1. The number of rotatable bonds is 4. The van der Waals surface area contributed by atoms with Crippen molar-refractivity contribution in [3.8, 4) is 0 Å². The molecule has 0 aliphatic carbocycles. The van der Waals surface area contributed by atoms with Gasteiger partial charge in [0.2, 0.25) is 0 Å². The first-order valence-corrected chi connectivity index (χ1v) is 2.67. The summed E-state index contributed by atoms with van der Waals surface area (Å²) in [6, 6.07) is 0. The highest BCUT2D eigenvalue weighted by Gasteiger charge is 1.93. The van der Waals surface area contributed by atoms with Crippen molar-refractivity contribution in [3.63, 3.8) is 0 Å². The Morgan fingerprint density at radius 3 is 2.56 bits per heavy atom. The molecule has 0 unspecified atom stereocenters. The van der Waals surface area contributed by atoms with Gasteiger partial charge in [-0.3, -0.25) is 9.32 Å². The zero-order valence-electron chi connectivity index (χ0n) is 4.03. The monoisotopic (exact) mass is 166 g/mol. The minimum Gasteiger partial charge on any atom is -0.481 e. The van der Waals surface area contributed by atoms with E-state index in [0.29, 0.717) is 0 Å². The SMILES string of the molecule is O=POCCC(=O)O.[AlH3]. The molecule has 1 N–H and O–H groups in total. The van der Waals surface area contributed by atoms with Crippen molar-refractivity contribution >= 4 is 32.0 Å². The van der Waals surface area contributed by atoms with Gasteiger partial charge in [0.1, 0.15) is 0 Å². The molecule has 0 aromatic heterocycles. The maximum absolute atomic E-state index is 9.69. The second-order valence-corrected chi connectivity index (χ2v) is 1.46. The van der Waals surface area contributed by atoms with Crippen LogP contribution in [0, 0.1) is 0 Å². The summed E-state index contributed by atoms with van der Waals surface area (Å²) in [6.45, 7) is 0.000386. The first kappa shape index (κ1) is 11.8. The summed E-state index contributed by atoms with van der Waals surface area (Å²) < 4.78 is 13.6. The summed E-state index contributed by atoms with van der Waals surface area (Å²) in [5, 5.41) is 7.95. The Kier molecular flexibility index (Phi) is 10.6. The van der Waals surface area contributed by atoms with Crippen molar-refractivity contribution in [1.29, 1.82) is 0 Å². The van der Waals surface area contributed by atoms with Gasteiger partial charge in [-0.25, -0.2) is 4.57 Å². The van der Waals surface area contributed by atoms with Gasteiger partial charge >= 0.3 is 14.7 Å². The molecule has 0 saturated carbocycles. The molecule has 0 bridgehead atoms.